The normalized spacial score (nSPS) is 22.5. The van der Waals surface area contributed by atoms with Gasteiger partial charge in [-0.1, -0.05) is 76.2 Å². The fourth-order valence-corrected chi connectivity index (χ4v) is 9.89. The van der Waals surface area contributed by atoms with E-state index >= 15 is 0 Å². The van der Waals surface area contributed by atoms with E-state index in [1.807, 2.05) is 49.9 Å². The van der Waals surface area contributed by atoms with E-state index in [0.29, 0.717) is 31.2 Å². The Kier molecular flexibility index (Phi) is 12.2. The Bertz CT molecular complexity index is 2790. The van der Waals surface area contributed by atoms with E-state index in [4.69, 9.17) is 28.9 Å². The molecule has 1 aliphatic carbocycles. The highest BCUT2D eigenvalue weighted by molar-refractivity contribution is 5.91. The first-order chi connectivity index (χ1) is 32.9. The van der Waals surface area contributed by atoms with Crippen molar-refractivity contribution in [3.63, 3.8) is 0 Å². The van der Waals surface area contributed by atoms with Gasteiger partial charge in [0.2, 0.25) is 17.7 Å². The number of H-pyrrole nitrogens is 2. The highest BCUT2D eigenvalue weighted by Crippen LogP contribution is 2.58. The van der Waals surface area contributed by atoms with Crippen molar-refractivity contribution in [1.29, 1.82) is 0 Å². The zero-order chi connectivity index (χ0) is 47.3. The lowest BCUT2D eigenvalue weighted by molar-refractivity contribution is -0.136. The van der Waals surface area contributed by atoms with Crippen molar-refractivity contribution in [2.75, 3.05) is 27.3 Å². The minimum atomic E-state index is -0.693. The Morgan fingerprint density at radius 2 is 1.38 bits per heavy atom. The number of hydrogen-bond acceptors (Lipinski definition) is 12. The first-order valence-corrected chi connectivity index (χ1v) is 23.5. The molecule has 1 spiro atoms. The molecule has 3 aromatic heterocycles. The number of carbonyl (C=O) groups excluding carboxylic acids is 3. The van der Waals surface area contributed by atoms with Crippen LogP contribution in [0.15, 0.2) is 91.6 Å². The summed E-state index contributed by atoms with van der Waals surface area (Å²) in [7, 11) is 2.89. The van der Waals surface area contributed by atoms with E-state index < -0.39 is 18.2 Å². The van der Waals surface area contributed by atoms with Gasteiger partial charge in [0.1, 0.15) is 23.8 Å². The molecule has 3 aliphatic heterocycles. The number of likely N-dealkylation sites (tertiary alicyclic amines) is 2. The van der Waals surface area contributed by atoms with Gasteiger partial charge in [0.25, 0.3) is 0 Å². The van der Waals surface area contributed by atoms with Crippen LogP contribution >= 0.6 is 0 Å². The van der Waals surface area contributed by atoms with Gasteiger partial charge in [-0.05, 0) is 76.1 Å². The van der Waals surface area contributed by atoms with Gasteiger partial charge in [-0.3, -0.25) is 19.9 Å². The van der Waals surface area contributed by atoms with Gasteiger partial charge in [0.05, 0.1) is 61.8 Å². The fourth-order valence-electron chi connectivity index (χ4n) is 9.89. The van der Waals surface area contributed by atoms with Crippen molar-refractivity contribution in [2.24, 2.45) is 17.3 Å². The van der Waals surface area contributed by atoms with Crippen LogP contribution in [-0.2, 0) is 23.8 Å². The molecule has 17 heteroatoms. The number of nitrogens with zero attached hydrogens (tertiary/aromatic N) is 6. The molecule has 6 aromatic rings. The second-order valence-corrected chi connectivity index (χ2v) is 19.3. The number of imidazole rings is 2. The number of aromatic amines is 2. The lowest BCUT2D eigenvalue weighted by atomic mass is 9.98. The minimum absolute atomic E-state index is 0.0143. The van der Waals surface area contributed by atoms with Gasteiger partial charge in [0, 0.05) is 38.0 Å². The average Bonchev–Trinajstić information content (AvgIpc) is 3.90. The number of amides is 3. The van der Waals surface area contributed by atoms with Crippen LogP contribution in [-0.4, -0.2) is 116 Å². The summed E-state index contributed by atoms with van der Waals surface area (Å²) in [5, 5.41) is 8.29. The summed E-state index contributed by atoms with van der Waals surface area (Å²) < 4.78 is 21.9. The van der Waals surface area contributed by atoms with Crippen molar-refractivity contribution < 1.29 is 33.3 Å². The van der Waals surface area contributed by atoms with Crippen molar-refractivity contribution >= 4 is 28.7 Å². The molecule has 68 heavy (non-hydrogen) atoms. The molecule has 10 rings (SSSR count). The van der Waals surface area contributed by atoms with Gasteiger partial charge in [0.15, 0.2) is 12.5 Å². The van der Waals surface area contributed by atoms with Gasteiger partial charge in [-0.2, -0.15) is 0 Å². The Morgan fingerprint density at radius 1 is 0.750 bits per heavy atom. The van der Waals surface area contributed by atoms with E-state index in [9.17, 15) is 14.4 Å². The van der Waals surface area contributed by atoms with Crippen molar-refractivity contribution in [3.8, 4) is 39.5 Å². The van der Waals surface area contributed by atoms with E-state index in [2.05, 4.69) is 91.2 Å². The molecule has 6 heterocycles. The molecule has 7 atom stereocenters. The summed E-state index contributed by atoms with van der Waals surface area (Å²) in [6.45, 7) is 8.88. The van der Waals surface area contributed by atoms with Crippen LogP contribution in [0.5, 0.6) is 5.88 Å². The predicted molar refractivity (Wildman–Crippen MR) is 252 cm³/mol. The Balaban J connectivity index is 0.833. The summed E-state index contributed by atoms with van der Waals surface area (Å²) in [6, 6.07) is 19.4. The quantitative estimate of drug-likeness (QED) is 0.0757. The SMILES string of the molecule is COC(=O)N[C@H](C(=O)N1CC2(CC2)C[C@H]1c1ncc(-c2ccc3cc(-c4ccc(-c5cnc([C@@H]6C[C@H](Oc7cnccn7)CN6C(=O)[C@@H](NC6OC6OC)C(C)C)[nH]5)cc4)ccc3c2)[nH]1)C(C)C. The first kappa shape index (κ1) is 45.1. The number of carbonyl (C=O) groups is 3. The molecule has 0 radical (unpaired) electrons. The number of aromatic nitrogens is 6. The molecule has 4 aliphatic rings. The lowest BCUT2D eigenvalue weighted by Crippen LogP contribution is -2.51. The summed E-state index contributed by atoms with van der Waals surface area (Å²) in [4.78, 5) is 69.3. The summed E-state index contributed by atoms with van der Waals surface area (Å²) >= 11 is 0. The zero-order valence-electron chi connectivity index (χ0n) is 39.1. The van der Waals surface area contributed by atoms with Gasteiger partial charge >= 0.3 is 6.09 Å². The van der Waals surface area contributed by atoms with Crippen LogP contribution in [0.1, 0.15) is 77.1 Å². The Hall–Kier alpha value is -6.69. The number of fused-ring (bicyclic) bond motifs is 1. The third-order valence-corrected chi connectivity index (χ3v) is 14.0. The maximum atomic E-state index is 14.3. The Labute approximate surface area is 394 Å². The molecule has 0 bridgehead atoms. The molecule has 4 fully saturated rings. The molecule has 3 saturated heterocycles. The van der Waals surface area contributed by atoms with Crippen LogP contribution in [0.2, 0.25) is 0 Å². The Morgan fingerprint density at radius 3 is 2.01 bits per heavy atom. The summed E-state index contributed by atoms with van der Waals surface area (Å²) in [5.74, 6) is 1.53. The number of benzene rings is 3. The van der Waals surface area contributed by atoms with Crippen molar-refractivity contribution in [1.82, 2.24) is 50.3 Å². The highest BCUT2D eigenvalue weighted by atomic mass is 16.8. The van der Waals surface area contributed by atoms with Crippen LogP contribution in [0, 0.1) is 17.3 Å². The molecule has 3 aromatic carbocycles. The van der Waals surface area contributed by atoms with E-state index in [1.54, 1.807) is 25.7 Å². The number of epoxide rings is 1. The number of ether oxygens (including phenoxy) is 4. The smallest absolute Gasteiger partial charge is 0.407 e. The predicted octanol–water partition coefficient (Wildman–Crippen LogP) is 7.18. The third kappa shape index (κ3) is 9.17. The van der Waals surface area contributed by atoms with E-state index in [0.717, 1.165) is 69.5 Å². The van der Waals surface area contributed by atoms with Crippen molar-refractivity contribution in [2.45, 2.75) is 96.2 Å². The number of methoxy groups -OCH3 is 2. The van der Waals surface area contributed by atoms with Crippen LogP contribution in [0.3, 0.4) is 0 Å². The molecule has 2 unspecified atom stereocenters. The third-order valence-electron chi connectivity index (χ3n) is 14.0. The second kappa shape index (κ2) is 18.4. The second-order valence-electron chi connectivity index (χ2n) is 19.3. The number of rotatable bonds is 15. The summed E-state index contributed by atoms with van der Waals surface area (Å²) in [5.41, 5.74) is 5.96. The topological polar surface area (TPSA) is 205 Å². The minimum Gasteiger partial charge on any atom is -0.471 e. The number of alkyl carbamates (subject to hydrolysis) is 1. The van der Waals surface area contributed by atoms with Crippen molar-refractivity contribution in [3.05, 3.63) is 103 Å². The maximum absolute atomic E-state index is 14.3. The first-order valence-electron chi connectivity index (χ1n) is 23.5. The van der Waals surface area contributed by atoms with E-state index in [1.165, 1.54) is 7.11 Å². The average molecular weight is 923 g/mol. The number of hydrogen-bond donors (Lipinski definition) is 4. The van der Waals surface area contributed by atoms with Gasteiger partial charge in [-0.15, -0.1) is 0 Å². The highest BCUT2D eigenvalue weighted by Gasteiger charge is 2.55. The lowest BCUT2D eigenvalue weighted by Gasteiger charge is -2.30. The molecular formula is C51H58N10O7. The molecule has 354 valence electrons. The zero-order valence-corrected chi connectivity index (χ0v) is 39.1. The summed E-state index contributed by atoms with van der Waals surface area (Å²) in [6.07, 6.45) is 10.3. The van der Waals surface area contributed by atoms with Crippen LogP contribution < -0.4 is 15.4 Å². The molecular weight excluding hydrogens is 865 g/mol. The largest absolute Gasteiger partial charge is 0.471 e. The monoisotopic (exact) mass is 922 g/mol. The molecule has 1 saturated carbocycles. The molecule has 3 amide bonds. The maximum Gasteiger partial charge on any atom is 0.407 e. The van der Waals surface area contributed by atoms with Gasteiger partial charge in [-0.25, -0.2) is 19.7 Å². The number of nitrogens with one attached hydrogen (secondary N) is 4. The van der Waals surface area contributed by atoms with E-state index in [-0.39, 0.29) is 59.8 Å². The molecule has 4 N–H and O–H groups in total. The van der Waals surface area contributed by atoms with Crippen LogP contribution in [0.4, 0.5) is 4.79 Å². The van der Waals surface area contributed by atoms with Gasteiger partial charge < -0.3 is 44.0 Å². The molecule has 17 nitrogen and oxygen atoms in total. The fraction of sp³-hybridized carbons (Fsp3) is 0.431. The van der Waals surface area contributed by atoms with Crippen LogP contribution in [0.25, 0.3) is 44.4 Å². The standard InChI is InChI=1S/C51H58N10O7/c1-28(2)42(58-46-49(65-5)68-46)47(62)60-26-36(67-41-25-52-17-18-53-41)21-39(60)44-54-23-37(56-44)31-9-7-30(8-10-31)32-11-12-34-20-35(14-13-33(34)19-32)38-24-55-45(57-38)40-22-51(15-16-51)27-61(40)48(63)43(29(3)4)59-50(64)66-6/h7-14,17-20,23-25,28-29,36,39-40,42-43,46,49,58H,15-16,21-22,26-27H2,1-6H3,(H,54,56)(H,55,57)(H,59,64)/t36-,39-,40-,42-,43-,46?,49?/m0/s1.